The molecule has 2 aromatic carbocycles. The van der Waals surface area contributed by atoms with Crippen molar-refractivity contribution in [2.24, 2.45) is 0 Å². The van der Waals surface area contributed by atoms with E-state index in [1.807, 2.05) is 30.5 Å². The average molecular weight is 483 g/mol. The van der Waals surface area contributed by atoms with Crippen molar-refractivity contribution in [1.82, 2.24) is 14.9 Å². The van der Waals surface area contributed by atoms with Crippen molar-refractivity contribution in [2.45, 2.75) is 39.8 Å². The van der Waals surface area contributed by atoms with Crippen molar-refractivity contribution in [3.8, 4) is 11.4 Å². The normalized spacial score (nSPS) is 17.5. The monoisotopic (exact) mass is 482 g/mol. The molecule has 1 N–H and O–H groups in total. The minimum absolute atomic E-state index is 0.0594. The Labute approximate surface area is 212 Å². The molecular formula is C29H30N4OS. The van der Waals surface area contributed by atoms with Gasteiger partial charge in [0.05, 0.1) is 24.9 Å². The fraction of sp³-hybridized carbons (Fsp3) is 0.241. The molecule has 3 heterocycles. The van der Waals surface area contributed by atoms with Gasteiger partial charge in [-0.15, -0.1) is 0 Å². The number of methoxy groups -OCH3 is 1. The average Bonchev–Trinajstić information content (AvgIpc) is 3.36. The lowest BCUT2D eigenvalue weighted by atomic mass is 9.96. The Morgan fingerprint density at radius 1 is 0.943 bits per heavy atom. The number of anilines is 1. The predicted octanol–water partition coefficient (Wildman–Crippen LogP) is 6.29. The molecule has 1 saturated heterocycles. The first-order valence-electron chi connectivity index (χ1n) is 11.8. The summed E-state index contributed by atoms with van der Waals surface area (Å²) < 4.78 is 7.75. The number of hydrogen-bond acceptors (Lipinski definition) is 3. The molecular weight excluding hydrogens is 452 g/mol. The topological polar surface area (TPSA) is 42.3 Å². The molecule has 35 heavy (non-hydrogen) atoms. The summed E-state index contributed by atoms with van der Waals surface area (Å²) in [5.41, 5.74) is 9.38. The fourth-order valence-corrected chi connectivity index (χ4v) is 5.47. The van der Waals surface area contributed by atoms with Crippen LogP contribution in [0.4, 0.5) is 5.69 Å². The van der Waals surface area contributed by atoms with Crippen molar-refractivity contribution in [3.63, 3.8) is 0 Å². The first kappa shape index (κ1) is 23.1. The Balaban J connectivity index is 1.68. The van der Waals surface area contributed by atoms with Gasteiger partial charge in [0.1, 0.15) is 5.75 Å². The summed E-state index contributed by atoms with van der Waals surface area (Å²) in [5, 5.41) is 4.25. The van der Waals surface area contributed by atoms with Gasteiger partial charge in [-0.25, -0.2) is 0 Å². The molecule has 0 aliphatic carbocycles. The molecule has 2 atom stereocenters. The highest BCUT2D eigenvalue weighted by Gasteiger charge is 2.42. The van der Waals surface area contributed by atoms with Gasteiger partial charge in [-0.1, -0.05) is 18.2 Å². The maximum Gasteiger partial charge on any atom is 0.174 e. The molecule has 0 bridgehead atoms. The highest BCUT2D eigenvalue weighted by Crippen LogP contribution is 2.44. The van der Waals surface area contributed by atoms with Crippen molar-refractivity contribution < 1.29 is 4.74 Å². The summed E-state index contributed by atoms with van der Waals surface area (Å²) in [4.78, 5) is 6.91. The standard InChI is InChI=1S/C29H30N4OS/c1-18-9-8-11-26(20(18)3)32-19(2)17-24(21(32)4)28-27(25-10-6-7-16-30-25)31-29(35)33(28)22-12-14-23(34-5)15-13-22/h6-17,27-28H,1-5H3,(H,31,35)/t27-,28+/m1/s1. The van der Waals surface area contributed by atoms with Gasteiger partial charge in [0.15, 0.2) is 5.11 Å². The summed E-state index contributed by atoms with van der Waals surface area (Å²) >= 11 is 5.90. The molecule has 0 saturated carbocycles. The van der Waals surface area contributed by atoms with E-state index < -0.39 is 0 Å². The lowest BCUT2D eigenvalue weighted by molar-refractivity contribution is 0.415. The molecule has 4 aromatic rings. The van der Waals surface area contributed by atoms with Gasteiger partial charge in [0.2, 0.25) is 0 Å². The van der Waals surface area contributed by atoms with E-state index >= 15 is 0 Å². The van der Waals surface area contributed by atoms with Gasteiger partial charge < -0.3 is 19.5 Å². The first-order valence-corrected chi connectivity index (χ1v) is 12.2. The summed E-state index contributed by atoms with van der Waals surface area (Å²) in [6.45, 7) is 8.73. The summed E-state index contributed by atoms with van der Waals surface area (Å²) in [5.74, 6) is 0.817. The van der Waals surface area contributed by atoms with Crippen LogP contribution in [0.25, 0.3) is 5.69 Å². The molecule has 1 aliphatic heterocycles. The molecule has 1 fully saturated rings. The number of pyridine rings is 1. The van der Waals surface area contributed by atoms with Crippen molar-refractivity contribution >= 4 is 23.0 Å². The quantitative estimate of drug-likeness (QED) is 0.339. The number of nitrogens with one attached hydrogen (secondary N) is 1. The van der Waals surface area contributed by atoms with E-state index in [4.69, 9.17) is 21.9 Å². The maximum absolute atomic E-state index is 5.90. The first-order chi connectivity index (χ1) is 16.9. The van der Waals surface area contributed by atoms with Crippen LogP contribution in [0.3, 0.4) is 0 Å². The van der Waals surface area contributed by atoms with E-state index in [1.54, 1.807) is 7.11 Å². The number of nitrogens with zero attached hydrogens (tertiary/aromatic N) is 3. The van der Waals surface area contributed by atoms with E-state index in [1.165, 1.54) is 33.8 Å². The zero-order valence-electron chi connectivity index (χ0n) is 20.7. The van der Waals surface area contributed by atoms with Crippen LogP contribution < -0.4 is 15.0 Å². The van der Waals surface area contributed by atoms with Crippen molar-refractivity contribution in [3.05, 3.63) is 107 Å². The van der Waals surface area contributed by atoms with E-state index in [0.717, 1.165) is 17.1 Å². The smallest absolute Gasteiger partial charge is 0.174 e. The van der Waals surface area contributed by atoms with Gasteiger partial charge in [-0.2, -0.15) is 0 Å². The lowest BCUT2D eigenvalue weighted by Crippen LogP contribution is -2.29. The fourth-order valence-electron chi connectivity index (χ4n) is 5.13. The molecule has 178 valence electrons. The van der Waals surface area contributed by atoms with E-state index in [2.05, 4.69) is 84.9 Å². The second-order valence-corrected chi connectivity index (χ2v) is 9.46. The number of aryl methyl sites for hydroxylation is 2. The van der Waals surface area contributed by atoms with Crippen LogP contribution in [0.15, 0.2) is 72.9 Å². The largest absolute Gasteiger partial charge is 0.497 e. The molecule has 5 rings (SSSR count). The minimum atomic E-state index is -0.0849. The zero-order valence-corrected chi connectivity index (χ0v) is 21.6. The Morgan fingerprint density at radius 2 is 1.71 bits per heavy atom. The van der Waals surface area contributed by atoms with Gasteiger partial charge in [-0.05, 0) is 105 Å². The summed E-state index contributed by atoms with van der Waals surface area (Å²) in [6.07, 6.45) is 1.84. The molecule has 0 spiro atoms. The highest BCUT2D eigenvalue weighted by molar-refractivity contribution is 7.80. The van der Waals surface area contributed by atoms with E-state index in [9.17, 15) is 0 Å². The summed E-state index contributed by atoms with van der Waals surface area (Å²) in [7, 11) is 1.68. The van der Waals surface area contributed by atoms with E-state index in [-0.39, 0.29) is 12.1 Å². The second-order valence-electron chi connectivity index (χ2n) is 9.08. The molecule has 2 aromatic heterocycles. The number of benzene rings is 2. The Kier molecular flexibility index (Phi) is 6.07. The number of rotatable bonds is 5. The van der Waals surface area contributed by atoms with Crippen molar-refractivity contribution in [1.29, 1.82) is 0 Å². The van der Waals surface area contributed by atoms with Crippen LogP contribution in [0.2, 0.25) is 0 Å². The number of ether oxygens (including phenoxy) is 1. The zero-order chi connectivity index (χ0) is 24.7. The van der Waals surface area contributed by atoms with Crippen molar-refractivity contribution in [2.75, 3.05) is 12.0 Å². The molecule has 0 radical (unpaired) electrons. The second kappa shape index (κ2) is 9.19. The van der Waals surface area contributed by atoms with Crippen LogP contribution in [-0.4, -0.2) is 21.8 Å². The molecule has 5 nitrogen and oxygen atoms in total. The SMILES string of the molecule is COc1ccc(N2C(=S)N[C@H](c3ccccn3)[C@@H]2c2cc(C)n(-c3cccc(C)c3C)c2C)cc1. The van der Waals surface area contributed by atoms with Crippen LogP contribution in [0.5, 0.6) is 5.75 Å². The van der Waals surface area contributed by atoms with Crippen LogP contribution >= 0.6 is 12.2 Å². The Hall–Kier alpha value is -3.64. The third-order valence-electron chi connectivity index (χ3n) is 7.05. The maximum atomic E-state index is 5.90. The molecule has 1 aliphatic rings. The Morgan fingerprint density at radius 3 is 2.40 bits per heavy atom. The molecule has 0 unspecified atom stereocenters. The number of thiocarbonyl (C=S) groups is 1. The molecule has 6 heteroatoms. The molecule has 0 amide bonds. The van der Waals surface area contributed by atoms with E-state index in [0.29, 0.717) is 5.11 Å². The number of hydrogen-bond donors (Lipinski definition) is 1. The minimum Gasteiger partial charge on any atom is -0.497 e. The van der Waals surface area contributed by atoms with Crippen LogP contribution in [-0.2, 0) is 0 Å². The van der Waals surface area contributed by atoms with Crippen LogP contribution in [0, 0.1) is 27.7 Å². The van der Waals surface area contributed by atoms with Gasteiger partial charge in [0, 0.05) is 29.0 Å². The van der Waals surface area contributed by atoms with Gasteiger partial charge >= 0.3 is 0 Å². The number of aromatic nitrogens is 2. The lowest BCUT2D eigenvalue weighted by Gasteiger charge is -2.28. The van der Waals surface area contributed by atoms with Gasteiger partial charge in [-0.3, -0.25) is 4.98 Å². The summed E-state index contributed by atoms with van der Waals surface area (Å²) in [6, 6.07) is 22.7. The predicted molar refractivity (Wildman–Crippen MR) is 146 cm³/mol. The third kappa shape index (κ3) is 3.98. The van der Waals surface area contributed by atoms with Crippen LogP contribution in [0.1, 0.15) is 45.9 Å². The highest BCUT2D eigenvalue weighted by atomic mass is 32.1. The third-order valence-corrected chi connectivity index (χ3v) is 7.37. The van der Waals surface area contributed by atoms with Gasteiger partial charge in [0.25, 0.3) is 0 Å². The Bertz CT molecular complexity index is 1380.